The average molecular weight is 239 g/mol. The lowest BCUT2D eigenvalue weighted by molar-refractivity contribution is 0.391. The second kappa shape index (κ2) is 4.45. The van der Waals surface area contributed by atoms with E-state index in [2.05, 4.69) is 10.1 Å². The van der Waals surface area contributed by atoms with Crippen LogP contribution in [0.2, 0.25) is 5.02 Å². The fourth-order valence-electron chi connectivity index (χ4n) is 1.20. The molecule has 5 heteroatoms. The van der Waals surface area contributed by atoms with E-state index in [0.717, 1.165) is 0 Å². The van der Waals surface area contributed by atoms with Gasteiger partial charge in [-0.3, -0.25) is 0 Å². The highest BCUT2D eigenvalue weighted by Gasteiger charge is 2.03. The zero-order valence-electron chi connectivity index (χ0n) is 8.45. The SMILES string of the molecule is Cc1nc(C=Cc2cccc(Cl)c2F)no1. The second-order valence-electron chi connectivity index (χ2n) is 3.15. The van der Waals surface area contributed by atoms with Crippen LogP contribution in [0.5, 0.6) is 0 Å². The number of hydrogen-bond acceptors (Lipinski definition) is 3. The number of aryl methyl sites for hydroxylation is 1. The first-order valence-electron chi connectivity index (χ1n) is 4.59. The van der Waals surface area contributed by atoms with Crippen molar-refractivity contribution in [2.45, 2.75) is 6.92 Å². The molecule has 0 saturated carbocycles. The quantitative estimate of drug-likeness (QED) is 0.806. The van der Waals surface area contributed by atoms with Crippen molar-refractivity contribution in [2.24, 2.45) is 0 Å². The lowest BCUT2D eigenvalue weighted by Crippen LogP contribution is -1.83. The fourth-order valence-corrected chi connectivity index (χ4v) is 1.38. The average Bonchev–Trinajstić information content (AvgIpc) is 2.67. The highest BCUT2D eigenvalue weighted by molar-refractivity contribution is 6.30. The van der Waals surface area contributed by atoms with E-state index < -0.39 is 5.82 Å². The van der Waals surface area contributed by atoms with Crippen molar-refractivity contribution in [3.63, 3.8) is 0 Å². The van der Waals surface area contributed by atoms with Crippen LogP contribution in [0.3, 0.4) is 0 Å². The lowest BCUT2D eigenvalue weighted by atomic mass is 10.2. The van der Waals surface area contributed by atoms with Crippen LogP contribution in [-0.2, 0) is 0 Å². The zero-order chi connectivity index (χ0) is 11.5. The van der Waals surface area contributed by atoms with Gasteiger partial charge in [-0.05, 0) is 18.2 Å². The van der Waals surface area contributed by atoms with Crippen LogP contribution >= 0.6 is 11.6 Å². The second-order valence-corrected chi connectivity index (χ2v) is 3.56. The number of rotatable bonds is 2. The summed E-state index contributed by atoms with van der Waals surface area (Å²) in [6.07, 6.45) is 3.11. The Morgan fingerprint density at radius 3 is 2.88 bits per heavy atom. The molecule has 0 radical (unpaired) electrons. The maximum Gasteiger partial charge on any atom is 0.223 e. The molecule has 82 valence electrons. The molecule has 0 fully saturated rings. The minimum atomic E-state index is -0.458. The first-order valence-corrected chi connectivity index (χ1v) is 4.97. The van der Waals surface area contributed by atoms with Crippen LogP contribution in [0.25, 0.3) is 12.2 Å². The largest absolute Gasteiger partial charge is 0.339 e. The highest BCUT2D eigenvalue weighted by Crippen LogP contribution is 2.19. The minimum absolute atomic E-state index is 0.0893. The summed E-state index contributed by atoms with van der Waals surface area (Å²) in [6.45, 7) is 1.68. The van der Waals surface area contributed by atoms with Crippen LogP contribution in [0.1, 0.15) is 17.3 Å². The van der Waals surface area contributed by atoms with Crippen molar-refractivity contribution in [1.82, 2.24) is 10.1 Å². The molecule has 1 heterocycles. The first-order chi connectivity index (χ1) is 7.66. The van der Waals surface area contributed by atoms with E-state index in [1.807, 2.05) is 0 Å². The van der Waals surface area contributed by atoms with Crippen LogP contribution in [0, 0.1) is 12.7 Å². The monoisotopic (exact) mass is 238 g/mol. The number of hydrogen-bond donors (Lipinski definition) is 0. The summed E-state index contributed by atoms with van der Waals surface area (Å²) in [4.78, 5) is 3.96. The molecule has 16 heavy (non-hydrogen) atoms. The molecule has 1 aromatic carbocycles. The molecule has 0 bridgehead atoms. The van der Waals surface area contributed by atoms with Gasteiger partial charge in [-0.1, -0.05) is 28.9 Å². The standard InChI is InChI=1S/C11H8ClFN2O/c1-7-14-10(15-16-7)6-5-8-3-2-4-9(12)11(8)13/h2-6H,1H3. The zero-order valence-corrected chi connectivity index (χ0v) is 9.20. The molecule has 0 aliphatic rings. The molecule has 0 atom stereocenters. The molecular weight excluding hydrogens is 231 g/mol. The van der Waals surface area contributed by atoms with Gasteiger partial charge in [0.05, 0.1) is 5.02 Å². The van der Waals surface area contributed by atoms with E-state index in [0.29, 0.717) is 17.3 Å². The predicted molar refractivity (Wildman–Crippen MR) is 59.4 cm³/mol. The summed E-state index contributed by atoms with van der Waals surface area (Å²) >= 11 is 5.64. The minimum Gasteiger partial charge on any atom is -0.339 e. The van der Waals surface area contributed by atoms with Crippen LogP contribution < -0.4 is 0 Å². The van der Waals surface area contributed by atoms with Gasteiger partial charge in [-0.15, -0.1) is 0 Å². The first kappa shape index (κ1) is 10.8. The molecule has 0 unspecified atom stereocenters. The van der Waals surface area contributed by atoms with Gasteiger partial charge in [0, 0.05) is 12.5 Å². The summed E-state index contributed by atoms with van der Waals surface area (Å²) in [6, 6.07) is 4.78. The van der Waals surface area contributed by atoms with Gasteiger partial charge < -0.3 is 4.52 Å². The van der Waals surface area contributed by atoms with Gasteiger partial charge in [0.25, 0.3) is 0 Å². The summed E-state index contributed by atoms with van der Waals surface area (Å²) in [7, 11) is 0. The number of aromatic nitrogens is 2. The van der Waals surface area contributed by atoms with Crippen molar-refractivity contribution in [3.05, 3.63) is 46.3 Å². The summed E-state index contributed by atoms with van der Waals surface area (Å²) in [5.74, 6) is 0.406. The van der Waals surface area contributed by atoms with E-state index >= 15 is 0 Å². The van der Waals surface area contributed by atoms with Gasteiger partial charge in [-0.2, -0.15) is 4.98 Å². The Morgan fingerprint density at radius 2 is 2.19 bits per heavy atom. The van der Waals surface area contributed by atoms with Gasteiger partial charge in [0.1, 0.15) is 5.82 Å². The Morgan fingerprint density at radius 1 is 1.38 bits per heavy atom. The molecular formula is C11H8ClFN2O. The van der Waals surface area contributed by atoms with Crippen molar-refractivity contribution in [1.29, 1.82) is 0 Å². The van der Waals surface area contributed by atoms with Gasteiger partial charge >= 0.3 is 0 Å². The molecule has 2 rings (SSSR count). The van der Waals surface area contributed by atoms with E-state index in [-0.39, 0.29) is 5.02 Å². The molecule has 1 aromatic heterocycles. The Hall–Kier alpha value is -1.68. The van der Waals surface area contributed by atoms with Crippen molar-refractivity contribution in [2.75, 3.05) is 0 Å². The Labute approximate surface area is 96.5 Å². The van der Waals surface area contributed by atoms with Crippen LogP contribution in [-0.4, -0.2) is 10.1 Å². The molecule has 0 aliphatic carbocycles. The predicted octanol–water partition coefficient (Wildman–Crippen LogP) is 3.34. The third-order valence-electron chi connectivity index (χ3n) is 1.94. The van der Waals surface area contributed by atoms with Gasteiger partial charge in [-0.25, -0.2) is 4.39 Å². The Bertz CT molecular complexity index is 537. The highest BCUT2D eigenvalue weighted by atomic mass is 35.5. The lowest BCUT2D eigenvalue weighted by Gasteiger charge is -1.97. The van der Waals surface area contributed by atoms with Crippen LogP contribution in [0.15, 0.2) is 22.7 Å². The molecule has 0 N–H and O–H groups in total. The molecule has 0 amide bonds. The molecule has 2 aromatic rings. The van der Waals surface area contributed by atoms with Crippen molar-refractivity contribution >= 4 is 23.8 Å². The maximum atomic E-state index is 13.5. The summed E-state index contributed by atoms with van der Waals surface area (Å²) in [5.41, 5.74) is 0.384. The number of nitrogens with zero attached hydrogens (tertiary/aromatic N) is 2. The summed E-state index contributed by atoms with van der Waals surface area (Å²) in [5, 5.41) is 3.74. The molecule has 0 saturated heterocycles. The van der Waals surface area contributed by atoms with E-state index in [1.165, 1.54) is 6.07 Å². The van der Waals surface area contributed by atoms with Gasteiger partial charge in [0.2, 0.25) is 5.89 Å². The maximum absolute atomic E-state index is 13.5. The van der Waals surface area contributed by atoms with E-state index in [9.17, 15) is 4.39 Å². The molecule has 0 aliphatic heterocycles. The van der Waals surface area contributed by atoms with E-state index in [1.54, 1.807) is 31.2 Å². The summed E-state index contributed by atoms with van der Waals surface area (Å²) < 4.78 is 18.2. The third-order valence-corrected chi connectivity index (χ3v) is 2.23. The topological polar surface area (TPSA) is 38.9 Å². The van der Waals surface area contributed by atoms with Crippen molar-refractivity contribution in [3.8, 4) is 0 Å². The Kier molecular flexibility index (Phi) is 3.01. The number of halogens is 2. The Balaban J connectivity index is 2.27. The molecule has 3 nitrogen and oxygen atoms in total. The normalized spacial score (nSPS) is 11.2. The van der Waals surface area contributed by atoms with Gasteiger partial charge in [0.15, 0.2) is 5.82 Å². The van der Waals surface area contributed by atoms with Crippen LogP contribution in [0.4, 0.5) is 4.39 Å². The van der Waals surface area contributed by atoms with E-state index in [4.69, 9.17) is 16.1 Å². The fraction of sp³-hybridized carbons (Fsp3) is 0.0909. The smallest absolute Gasteiger partial charge is 0.223 e. The van der Waals surface area contributed by atoms with Crippen molar-refractivity contribution < 1.29 is 8.91 Å². The number of benzene rings is 1. The third kappa shape index (κ3) is 2.28. The molecule has 0 spiro atoms.